The zero-order valence-corrected chi connectivity index (χ0v) is 14.4. The van der Waals surface area contributed by atoms with Gasteiger partial charge < -0.3 is 20.3 Å². The van der Waals surface area contributed by atoms with Crippen molar-refractivity contribution in [2.24, 2.45) is 0 Å². The number of rotatable bonds is 4. The van der Waals surface area contributed by atoms with E-state index in [1.165, 1.54) is 0 Å². The van der Waals surface area contributed by atoms with E-state index in [4.69, 9.17) is 16.3 Å². The molecule has 0 bridgehead atoms. The van der Waals surface area contributed by atoms with E-state index in [0.717, 1.165) is 0 Å². The molecule has 0 aliphatic rings. The second-order valence-electron chi connectivity index (χ2n) is 5.57. The van der Waals surface area contributed by atoms with Crippen molar-refractivity contribution in [3.63, 3.8) is 0 Å². The summed E-state index contributed by atoms with van der Waals surface area (Å²) in [5.41, 5.74) is -0.126. The van der Waals surface area contributed by atoms with E-state index < -0.39 is 23.9 Å². The number of alkyl carbamates (subject to hydrolysis) is 1. The first-order valence-electron chi connectivity index (χ1n) is 6.38. The highest BCUT2D eigenvalue weighted by molar-refractivity contribution is 9.10. The number of carbonyl (C=O) groups excluding carboxylic acids is 1. The van der Waals surface area contributed by atoms with Crippen LogP contribution in [0.1, 0.15) is 32.4 Å². The number of benzene rings is 1. The fourth-order valence-electron chi connectivity index (χ4n) is 1.53. The fourth-order valence-corrected chi connectivity index (χ4v) is 2.05. The standard InChI is InChI=1S/C14H19BrClNO4/c1-14(2,3)21-13(20)17-7-11(18)12(19)8-4-5-10(16)9(15)6-8/h4-6,11-12,18-19H,7H2,1-3H3,(H,17,20). The van der Waals surface area contributed by atoms with Crippen molar-refractivity contribution in [2.75, 3.05) is 6.54 Å². The molecule has 0 saturated heterocycles. The van der Waals surface area contributed by atoms with Crippen LogP contribution in [0.3, 0.4) is 0 Å². The number of aliphatic hydroxyl groups is 2. The molecule has 0 aromatic heterocycles. The highest BCUT2D eigenvalue weighted by Crippen LogP contribution is 2.27. The third-order valence-electron chi connectivity index (χ3n) is 2.50. The molecule has 21 heavy (non-hydrogen) atoms. The van der Waals surface area contributed by atoms with Gasteiger partial charge in [-0.15, -0.1) is 0 Å². The van der Waals surface area contributed by atoms with Gasteiger partial charge in [0, 0.05) is 11.0 Å². The molecule has 5 nitrogen and oxygen atoms in total. The molecular formula is C14H19BrClNO4. The first-order valence-corrected chi connectivity index (χ1v) is 7.55. The SMILES string of the molecule is CC(C)(C)OC(=O)NCC(O)C(O)c1ccc(Cl)c(Br)c1. The molecule has 0 heterocycles. The number of hydrogen-bond acceptors (Lipinski definition) is 4. The Kier molecular flexibility index (Phi) is 6.46. The third-order valence-corrected chi connectivity index (χ3v) is 3.72. The predicted molar refractivity (Wildman–Crippen MR) is 84.4 cm³/mol. The van der Waals surface area contributed by atoms with E-state index in [0.29, 0.717) is 15.1 Å². The van der Waals surface area contributed by atoms with E-state index in [2.05, 4.69) is 21.2 Å². The van der Waals surface area contributed by atoms with Crippen LogP contribution in [0.4, 0.5) is 4.79 Å². The van der Waals surface area contributed by atoms with E-state index in [1.807, 2.05) is 0 Å². The average Bonchev–Trinajstić information content (AvgIpc) is 2.36. The Morgan fingerprint density at radius 1 is 1.43 bits per heavy atom. The van der Waals surface area contributed by atoms with Crippen LogP contribution < -0.4 is 5.32 Å². The smallest absolute Gasteiger partial charge is 0.407 e. The van der Waals surface area contributed by atoms with Gasteiger partial charge >= 0.3 is 6.09 Å². The van der Waals surface area contributed by atoms with Gasteiger partial charge in [0.1, 0.15) is 17.8 Å². The van der Waals surface area contributed by atoms with Crippen molar-refractivity contribution < 1.29 is 19.7 Å². The van der Waals surface area contributed by atoms with E-state index in [-0.39, 0.29) is 6.54 Å². The first kappa shape index (κ1) is 18.2. The average molecular weight is 381 g/mol. The van der Waals surface area contributed by atoms with Crippen molar-refractivity contribution >= 4 is 33.6 Å². The molecule has 1 aromatic rings. The lowest BCUT2D eigenvalue weighted by molar-refractivity contribution is 0.0129. The summed E-state index contributed by atoms with van der Waals surface area (Å²) < 4.78 is 5.66. The number of amides is 1. The van der Waals surface area contributed by atoms with Gasteiger partial charge in [-0.3, -0.25) is 0 Å². The molecule has 0 aliphatic carbocycles. The second-order valence-corrected chi connectivity index (χ2v) is 6.83. The zero-order valence-electron chi connectivity index (χ0n) is 12.1. The lowest BCUT2D eigenvalue weighted by Gasteiger charge is -2.22. The van der Waals surface area contributed by atoms with Crippen molar-refractivity contribution in [3.05, 3.63) is 33.3 Å². The Hall–Kier alpha value is -0.820. The van der Waals surface area contributed by atoms with Gasteiger partial charge in [0.05, 0.1) is 5.02 Å². The van der Waals surface area contributed by atoms with Crippen LogP contribution in [-0.2, 0) is 4.74 Å². The van der Waals surface area contributed by atoms with Gasteiger partial charge in [0.2, 0.25) is 0 Å². The van der Waals surface area contributed by atoms with Crippen molar-refractivity contribution in [3.8, 4) is 0 Å². The number of ether oxygens (including phenoxy) is 1. The quantitative estimate of drug-likeness (QED) is 0.750. The van der Waals surface area contributed by atoms with Crippen LogP contribution in [0.25, 0.3) is 0 Å². The van der Waals surface area contributed by atoms with Crippen LogP contribution in [0, 0.1) is 0 Å². The van der Waals surface area contributed by atoms with Crippen molar-refractivity contribution in [1.29, 1.82) is 0 Å². The number of halogens is 2. The van der Waals surface area contributed by atoms with Gasteiger partial charge in [-0.05, 0) is 54.4 Å². The van der Waals surface area contributed by atoms with Crippen LogP contribution in [0.2, 0.25) is 5.02 Å². The van der Waals surface area contributed by atoms with Crippen molar-refractivity contribution in [2.45, 2.75) is 38.6 Å². The first-order chi connectivity index (χ1) is 9.60. The molecule has 0 radical (unpaired) electrons. The summed E-state index contributed by atoms with van der Waals surface area (Å²) >= 11 is 9.11. The molecule has 1 aromatic carbocycles. The minimum absolute atomic E-state index is 0.129. The predicted octanol–water partition coefficient (Wildman–Crippen LogP) is 3.02. The highest BCUT2D eigenvalue weighted by Gasteiger charge is 2.21. The summed E-state index contributed by atoms with van der Waals surface area (Å²) in [4.78, 5) is 11.5. The van der Waals surface area contributed by atoms with Gasteiger partial charge in [0.25, 0.3) is 0 Å². The second kappa shape index (κ2) is 7.45. The number of carbonyl (C=O) groups is 1. The third kappa shape index (κ3) is 6.22. The van der Waals surface area contributed by atoms with Gasteiger partial charge in [0.15, 0.2) is 0 Å². The highest BCUT2D eigenvalue weighted by atomic mass is 79.9. The molecule has 2 unspecified atom stereocenters. The molecule has 0 saturated carbocycles. The molecule has 1 rings (SSSR count). The van der Waals surface area contributed by atoms with Crippen LogP contribution in [0.15, 0.2) is 22.7 Å². The largest absolute Gasteiger partial charge is 0.444 e. The number of hydrogen-bond donors (Lipinski definition) is 3. The summed E-state index contributed by atoms with van der Waals surface area (Å²) in [5, 5.41) is 22.9. The summed E-state index contributed by atoms with van der Waals surface area (Å²) in [6.07, 6.45) is -2.95. The molecule has 3 N–H and O–H groups in total. The van der Waals surface area contributed by atoms with Gasteiger partial charge in [-0.25, -0.2) is 4.79 Å². The summed E-state index contributed by atoms with van der Waals surface area (Å²) in [7, 11) is 0. The summed E-state index contributed by atoms with van der Waals surface area (Å²) in [6.45, 7) is 5.09. The molecular weight excluding hydrogens is 362 g/mol. The molecule has 118 valence electrons. The molecule has 1 amide bonds. The monoisotopic (exact) mass is 379 g/mol. The van der Waals surface area contributed by atoms with E-state index in [1.54, 1.807) is 39.0 Å². The molecule has 7 heteroatoms. The lowest BCUT2D eigenvalue weighted by atomic mass is 10.0. The Morgan fingerprint density at radius 2 is 2.05 bits per heavy atom. The topological polar surface area (TPSA) is 78.8 Å². The number of aliphatic hydroxyl groups excluding tert-OH is 2. The Balaban J connectivity index is 2.56. The summed E-state index contributed by atoms with van der Waals surface area (Å²) in [6, 6.07) is 4.83. The minimum atomic E-state index is -1.16. The molecule has 0 aliphatic heterocycles. The maximum Gasteiger partial charge on any atom is 0.407 e. The molecule has 0 spiro atoms. The fraction of sp³-hybridized carbons (Fsp3) is 0.500. The van der Waals surface area contributed by atoms with Crippen LogP contribution in [-0.4, -0.2) is 34.6 Å². The van der Waals surface area contributed by atoms with Crippen LogP contribution >= 0.6 is 27.5 Å². The maximum absolute atomic E-state index is 11.5. The maximum atomic E-state index is 11.5. The number of nitrogens with one attached hydrogen (secondary N) is 1. The van der Waals surface area contributed by atoms with E-state index in [9.17, 15) is 15.0 Å². The minimum Gasteiger partial charge on any atom is -0.444 e. The van der Waals surface area contributed by atoms with Crippen molar-refractivity contribution in [1.82, 2.24) is 5.32 Å². The molecule has 0 fully saturated rings. The van der Waals surface area contributed by atoms with Gasteiger partial charge in [-0.2, -0.15) is 0 Å². The Bertz CT molecular complexity index is 504. The van der Waals surface area contributed by atoms with Crippen LogP contribution in [0.5, 0.6) is 0 Å². The van der Waals surface area contributed by atoms with E-state index >= 15 is 0 Å². The zero-order chi connectivity index (χ0) is 16.2. The van der Waals surface area contributed by atoms with Gasteiger partial charge in [-0.1, -0.05) is 17.7 Å². The lowest BCUT2D eigenvalue weighted by Crippen LogP contribution is -2.38. The summed E-state index contributed by atoms with van der Waals surface area (Å²) in [5.74, 6) is 0. The molecule has 2 atom stereocenters. The Labute approximate surface area is 137 Å². The normalized spacial score (nSPS) is 14.4. The Morgan fingerprint density at radius 3 is 2.57 bits per heavy atom.